The molecule has 0 bridgehead atoms. The smallest absolute Gasteiger partial charge is 0.249 e. The van der Waals surface area contributed by atoms with Crippen LogP contribution in [0.3, 0.4) is 0 Å². The van der Waals surface area contributed by atoms with Gasteiger partial charge in [-0.25, -0.2) is 0 Å². The van der Waals surface area contributed by atoms with Gasteiger partial charge in [-0.05, 0) is 42.3 Å². The van der Waals surface area contributed by atoms with Gasteiger partial charge in [0.2, 0.25) is 5.91 Å². The van der Waals surface area contributed by atoms with Gasteiger partial charge in [-0.15, -0.1) is 0 Å². The van der Waals surface area contributed by atoms with E-state index in [1.807, 2.05) is 50.2 Å². The lowest BCUT2D eigenvalue weighted by atomic mass is 10.1. The first-order valence-corrected chi connectivity index (χ1v) is 8.07. The molecule has 3 nitrogen and oxygen atoms in total. The topological polar surface area (TPSA) is 48.0 Å². The molecule has 1 amide bonds. The van der Waals surface area contributed by atoms with Crippen LogP contribution in [0.5, 0.6) is 0 Å². The minimum absolute atomic E-state index is 0.401. The van der Waals surface area contributed by atoms with Crippen molar-refractivity contribution in [3.63, 3.8) is 0 Å². The second-order valence-electron chi connectivity index (χ2n) is 5.12. The Bertz CT molecular complexity index is 837. The van der Waals surface area contributed by atoms with Gasteiger partial charge in [0, 0.05) is 34.2 Å². The Morgan fingerprint density at radius 2 is 1.87 bits per heavy atom. The highest BCUT2D eigenvalue weighted by atomic mass is 35.5. The van der Waals surface area contributed by atoms with Crippen molar-refractivity contribution in [2.45, 2.75) is 27.3 Å². The van der Waals surface area contributed by atoms with Crippen LogP contribution in [-0.2, 0) is 6.54 Å². The van der Waals surface area contributed by atoms with Gasteiger partial charge in [-0.3, -0.25) is 4.79 Å². The van der Waals surface area contributed by atoms with Crippen LogP contribution in [0, 0.1) is 6.92 Å². The number of primary amides is 1. The Kier molecular flexibility index (Phi) is 5.45. The molecule has 0 saturated carbocycles. The maximum Gasteiger partial charge on any atom is 0.249 e. The predicted octanol–water partition coefficient (Wildman–Crippen LogP) is 4.78. The Morgan fingerprint density at radius 1 is 1.17 bits per heavy atom. The van der Waals surface area contributed by atoms with E-state index in [1.54, 1.807) is 6.07 Å². The van der Waals surface area contributed by atoms with Crippen molar-refractivity contribution >= 4 is 28.4 Å². The fourth-order valence-corrected chi connectivity index (χ4v) is 2.83. The van der Waals surface area contributed by atoms with Gasteiger partial charge in [0.25, 0.3) is 0 Å². The van der Waals surface area contributed by atoms with Crippen LogP contribution in [-0.4, -0.2) is 10.5 Å². The van der Waals surface area contributed by atoms with E-state index in [0.717, 1.165) is 27.1 Å². The molecule has 0 aliphatic rings. The van der Waals surface area contributed by atoms with Gasteiger partial charge < -0.3 is 10.3 Å². The lowest BCUT2D eigenvalue weighted by Gasteiger charge is -2.09. The number of aryl methyl sites for hydroxylation is 1. The molecule has 1 heterocycles. The lowest BCUT2D eigenvalue weighted by Crippen LogP contribution is -2.14. The van der Waals surface area contributed by atoms with Crippen molar-refractivity contribution in [1.82, 2.24) is 4.57 Å². The lowest BCUT2D eigenvalue weighted by molar-refractivity contribution is 0.0999. The number of rotatable bonds is 3. The fourth-order valence-electron chi connectivity index (χ4n) is 2.66. The summed E-state index contributed by atoms with van der Waals surface area (Å²) in [5.74, 6) is -0.401. The SMILES string of the molecule is CC.Cc1cn(Cc2ccccc2C(N)=O)c2ccc(Cl)cc12. The molecular weight excluding hydrogens is 308 g/mol. The maximum absolute atomic E-state index is 11.5. The summed E-state index contributed by atoms with van der Waals surface area (Å²) in [6.45, 7) is 6.65. The van der Waals surface area contributed by atoms with E-state index in [9.17, 15) is 4.79 Å². The van der Waals surface area contributed by atoms with Crippen molar-refractivity contribution in [1.29, 1.82) is 0 Å². The average molecular weight is 329 g/mol. The molecule has 3 rings (SSSR count). The summed E-state index contributed by atoms with van der Waals surface area (Å²) in [7, 11) is 0. The first-order chi connectivity index (χ1) is 11.1. The molecule has 0 radical (unpaired) electrons. The molecule has 2 N–H and O–H groups in total. The quantitative estimate of drug-likeness (QED) is 0.739. The number of halogens is 1. The number of carbonyl (C=O) groups excluding carboxylic acids is 1. The normalized spacial score (nSPS) is 10.3. The van der Waals surface area contributed by atoms with Crippen molar-refractivity contribution in [2.24, 2.45) is 5.73 Å². The summed E-state index contributed by atoms with van der Waals surface area (Å²) < 4.78 is 2.11. The van der Waals surface area contributed by atoms with Gasteiger partial charge in [0.05, 0.1) is 0 Å². The third-order valence-corrected chi connectivity index (χ3v) is 3.90. The number of aromatic nitrogens is 1. The molecule has 0 aliphatic carbocycles. The Hall–Kier alpha value is -2.26. The van der Waals surface area contributed by atoms with E-state index in [1.165, 1.54) is 0 Å². The Labute approximate surface area is 141 Å². The van der Waals surface area contributed by atoms with Crippen LogP contribution in [0.1, 0.15) is 35.3 Å². The molecule has 1 aromatic heterocycles. The molecule has 3 aromatic rings. The minimum atomic E-state index is -0.401. The van der Waals surface area contributed by atoms with Gasteiger partial charge in [-0.2, -0.15) is 0 Å². The van der Waals surface area contributed by atoms with Crippen molar-refractivity contribution in [2.75, 3.05) is 0 Å². The van der Waals surface area contributed by atoms with E-state index in [-0.39, 0.29) is 0 Å². The van der Waals surface area contributed by atoms with Crippen molar-refractivity contribution in [3.8, 4) is 0 Å². The Morgan fingerprint density at radius 3 is 2.57 bits per heavy atom. The van der Waals surface area contributed by atoms with Gasteiger partial charge in [-0.1, -0.05) is 43.6 Å². The molecule has 0 aliphatic heterocycles. The zero-order valence-electron chi connectivity index (χ0n) is 13.6. The highest BCUT2D eigenvalue weighted by molar-refractivity contribution is 6.31. The number of hydrogen-bond acceptors (Lipinski definition) is 1. The molecule has 0 spiro atoms. The molecule has 0 fully saturated rings. The summed E-state index contributed by atoms with van der Waals surface area (Å²) in [5, 5.41) is 1.85. The summed E-state index contributed by atoms with van der Waals surface area (Å²) in [4.78, 5) is 11.5. The van der Waals surface area contributed by atoms with Gasteiger partial charge in [0.1, 0.15) is 0 Å². The van der Waals surface area contributed by atoms with Crippen molar-refractivity contribution in [3.05, 3.63) is 70.4 Å². The minimum Gasteiger partial charge on any atom is -0.366 e. The molecule has 120 valence electrons. The van der Waals surface area contributed by atoms with E-state index in [4.69, 9.17) is 17.3 Å². The predicted molar refractivity (Wildman–Crippen MR) is 97.1 cm³/mol. The average Bonchev–Trinajstić information content (AvgIpc) is 2.85. The van der Waals surface area contributed by atoms with E-state index in [2.05, 4.69) is 17.7 Å². The van der Waals surface area contributed by atoms with Crippen LogP contribution in [0.4, 0.5) is 0 Å². The maximum atomic E-state index is 11.5. The number of hydrogen-bond donors (Lipinski definition) is 1. The standard InChI is InChI=1S/C17H15ClN2O.C2H6/c1-11-9-20(16-7-6-13(18)8-15(11)16)10-12-4-2-3-5-14(12)17(19)21;1-2/h2-9H,10H2,1H3,(H2,19,21);1-2H3. The molecule has 2 aromatic carbocycles. The molecule has 23 heavy (non-hydrogen) atoms. The summed E-state index contributed by atoms with van der Waals surface area (Å²) in [6, 6.07) is 13.3. The number of benzene rings is 2. The second-order valence-corrected chi connectivity index (χ2v) is 5.56. The first kappa shape index (κ1) is 17.1. The largest absolute Gasteiger partial charge is 0.366 e. The number of carbonyl (C=O) groups is 1. The summed E-state index contributed by atoms with van der Waals surface area (Å²) >= 11 is 6.06. The molecular formula is C19H21ClN2O. The zero-order valence-corrected chi connectivity index (χ0v) is 14.4. The second kappa shape index (κ2) is 7.34. The van der Waals surface area contributed by atoms with Crippen LogP contribution in [0.15, 0.2) is 48.7 Å². The fraction of sp³-hybridized carbons (Fsp3) is 0.211. The first-order valence-electron chi connectivity index (χ1n) is 7.69. The van der Waals surface area contributed by atoms with E-state index < -0.39 is 5.91 Å². The van der Waals surface area contributed by atoms with Gasteiger partial charge in [0.15, 0.2) is 0 Å². The zero-order chi connectivity index (χ0) is 17.0. The molecule has 0 atom stereocenters. The number of nitrogens with zero attached hydrogens (tertiary/aromatic N) is 1. The number of nitrogens with two attached hydrogens (primary N) is 1. The van der Waals surface area contributed by atoms with Gasteiger partial charge >= 0.3 is 0 Å². The highest BCUT2D eigenvalue weighted by Gasteiger charge is 2.10. The molecule has 0 saturated heterocycles. The highest BCUT2D eigenvalue weighted by Crippen LogP contribution is 2.25. The number of fused-ring (bicyclic) bond motifs is 1. The Balaban J connectivity index is 0.000000924. The third kappa shape index (κ3) is 3.57. The van der Waals surface area contributed by atoms with E-state index >= 15 is 0 Å². The van der Waals surface area contributed by atoms with Crippen LogP contribution < -0.4 is 5.73 Å². The molecule has 4 heteroatoms. The van der Waals surface area contributed by atoms with Crippen molar-refractivity contribution < 1.29 is 4.79 Å². The van der Waals surface area contributed by atoms with E-state index in [0.29, 0.717) is 12.1 Å². The van der Waals surface area contributed by atoms with Crippen LogP contribution in [0.25, 0.3) is 10.9 Å². The monoisotopic (exact) mass is 328 g/mol. The third-order valence-electron chi connectivity index (χ3n) is 3.67. The number of amides is 1. The summed E-state index contributed by atoms with van der Waals surface area (Å²) in [6.07, 6.45) is 2.07. The van der Waals surface area contributed by atoms with Crippen LogP contribution in [0.2, 0.25) is 5.02 Å². The molecule has 0 unspecified atom stereocenters. The summed E-state index contributed by atoms with van der Waals surface area (Å²) in [5.41, 5.74) is 9.17. The van der Waals surface area contributed by atoms with Crippen LogP contribution >= 0.6 is 11.6 Å².